The molecule has 0 saturated carbocycles. The van der Waals surface area contributed by atoms with Crippen molar-refractivity contribution in [3.05, 3.63) is 28.8 Å². The fraction of sp³-hybridized carbons (Fsp3) is 0.333. The minimum Gasteiger partial charge on any atom is -0.326 e. The van der Waals surface area contributed by atoms with Gasteiger partial charge in [-0.25, -0.2) is 0 Å². The molecule has 0 aliphatic carbocycles. The lowest BCUT2D eigenvalue weighted by molar-refractivity contribution is -0.122. The highest BCUT2D eigenvalue weighted by Gasteiger charge is 2.32. The van der Waals surface area contributed by atoms with Crippen molar-refractivity contribution >= 4 is 51.7 Å². The summed E-state index contributed by atoms with van der Waals surface area (Å²) < 4.78 is 0. The standard InChI is InChI=1S/C15H17ClN4O2S/c1-8(2)19-20-15-18-14(22)12(23-15)7-13(21)17-11-5-4-10(16)6-9(11)3/h4-6,12H,7H2,1-3H3,(H,17,21)(H,18,20,22). The highest BCUT2D eigenvalue weighted by Crippen LogP contribution is 2.24. The number of amidine groups is 1. The average Bonchev–Trinajstić information content (AvgIpc) is 2.80. The molecule has 1 unspecified atom stereocenters. The maximum Gasteiger partial charge on any atom is 0.240 e. The fourth-order valence-corrected chi connectivity index (χ4v) is 3.01. The lowest BCUT2D eigenvalue weighted by Crippen LogP contribution is -2.28. The molecule has 1 aliphatic rings. The number of carbonyl (C=O) groups excluding carboxylic acids is 2. The summed E-state index contributed by atoms with van der Waals surface area (Å²) in [5, 5.41) is 13.8. The molecule has 1 atom stereocenters. The molecule has 1 aromatic carbocycles. The van der Waals surface area contributed by atoms with Gasteiger partial charge in [0.15, 0.2) is 5.17 Å². The Morgan fingerprint density at radius 1 is 1.43 bits per heavy atom. The molecule has 8 heteroatoms. The Labute approximate surface area is 143 Å². The summed E-state index contributed by atoms with van der Waals surface area (Å²) in [6, 6.07) is 5.21. The predicted octanol–water partition coefficient (Wildman–Crippen LogP) is 2.96. The van der Waals surface area contributed by atoms with E-state index in [4.69, 9.17) is 11.6 Å². The lowest BCUT2D eigenvalue weighted by Gasteiger charge is -2.10. The summed E-state index contributed by atoms with van der Waals surface area (Å²) in [5.74, 6) is -0.472. The SMILES string of the molecule is CC(C)=N/N=C1/NC(=O)C(CC(=O)Nc2ccc(Cl)cc2C)S1. The number of halogens is 1. The molecule has 1 aliphatic heterocycles. The third-order valence-electron chi connectivity index (χ3n) is 2.95. The third-order valence-corrected chi connectivity index (χ3v) is 4.26. The second kappa shape index (κ2) is 7.61. The van der Waals surface area contributed by atoms with Crippen LogP contribution in [0.2, 0.25) is 5.02 Å². The Bertz CT molecular complexity index is 699. The molecule has 23 heavy (non-hydrogen) atoms. The van der Waals surface area contributed by atoms with Gasteiger partial charge in [0.25, 0.3) is 0 Å². The highest BCUT2D eigenvalue weighted by atomic mass is 35.5. The van der Waals surface area contributed by atoms with Gasteiger partial charge in [-0.3, -0.25) is 9.59 Å². The van der Waals surface area contributed by atoms with Crippen LogP contribution in [0.5, 0.6) is 0 Å². The zero-order valence-electron chi connectivity index (χ0n) is 13.0. The Morgan fingerprint density at radius 3 is 2.83 bits per heavy atom. The van der Waals surface area contributed by atoms with Gasteiger partial charge >= 0.3 is 0 Å². The van der Waals surface area contributed by atoms with Crippen molar-refractivity contribution in [3.63, 3.8) is 0 Å². The Hall–Kier alpha value is -1.86. The molecule has 122 valence electrons. The van der Waals surface area contributed by atoms with Gasteiger partial charge < -0.3 is 10.6 Å². The van der Waals surface area contributed by atoms with Crippen LogP contribution in [-0.2, 0) is 9.59 Å². The molecule has 2 rings (SSSR count). The van der Waals surface area contributed by atoms with Crippen LogP contribution in [0.15, 0.2) is 28.4 Å². The Morgan fingerprint density at radius 2 is 2.17 bits per heavy atom. The van der Waals surface area contributed by atoms with Crippen LogP contribution in [0.1, 0.15) is 25.8 Å². The summed E-state index contributed by atoms with van der Waals surface area (Å²) in [5.41, 5.74) is 2.33. The van der Waals surface area contributed by atoms with Gasteiger partial charge in [0, 0.05) is 22.8 Å². The number of hydrogen-bond donors (Lipinski definition) is 2. The van der Waals surface area contributed by atoms with Crippen molar-refractivity contribution in [2.24, 2.45) is 10.2 Å². The van der Waals surface area contributed by atoms with Gasteiger partial charge in [0.1, 0.15) is 5.25 Å². The molecule has 0 bridgehead atoms. The molecule has 1 heterocycles. The quantitative estimate of drug-likeness (QED) is 0.645. The summed E-state index contributed by atoms with van der Waals surface area (Å²) in [4.78, 5) is 24.0. The van der Waals surface area contributed by atoms with Gasteiger partial charge in [0.05, 0.1) is 0 Å². The number of aryl methyl sites for hydroxylation is 1. The highest BCUT2D eigenvalue weighted by molar-refractivity contribution is 8.15. The average molecular weight is 353 g/mol. The summed E-state index contributed by atoms with van der Waals surface area (Å²) in [6.45, 7) is 5.48. The van der Waals surface area contributed by atoms with Crippen molar-refractivity contribution < 1.29 is 9.59 Å². The van der Waals surface area contributed by atoms with E-state index in [1.807, 2.05) is 20.8 Å². The van der Waals surface area contributed by atoms with E-state index < -0.39 is 5.25 Å². The van der Waals surface area contributed by atoms with Crippen molar-refractivity contribution in [1.29, 1.82) is 0 Å². The van der Waals surface area contributed by atoms with E-state index >= 15 is 0 Å². The predicted molar refractivity (Wildman–Crippen MR) is 95.2 cm³/mol. The monoisotopic (exact) mass is 352 g/mol. The van der Waals surface area contributed by atoms with E-state index in [1.165, 1.54) is 11.8 Å². The zero-order valence-corrected chi connectivity index (χ0v) is 14.6. The van der Waals surface area contributed by atoms with Gasteiger partial charge in [-0.05, 0) is 44.5 Å². The van der Waals surface area contributed by atoms with Crippen LogP contribution in [0.25, 0.3) is 0 Å². The maximum absolute atomic E-state index is 12.1. The van der Waals surface area contributed by atoms with E-state index in [2.05, 4.69) is 20.8 Å². The molecule has 0 radical (unpaired) electrons. The topological polar surface area (TPSA) is 82.9 Å². The van der Waals surface area contributed by atoms with E-state index in [1.54, 1.807) is 18.2 Å². The number of carbonyl (C=O) groups is 2. The van der Waals surface area contributed by atoms with Gasteiger partial charge in [0.2, 0.25) is 11.8 Å². The van der Waals surface area contributed by atoms with E-state index in [9.17, 15) is 9.59 Å². The zero-order chi connectivity index (χ0) is 17.0. The third kappa shape index (κ3) is 5.07. The minimum absolute atomic E-state index is 0.0619. The van der Waals surface area contributed by atoms with Crippen LogP contribution in [0.3, 0.4) is 0 Å². The Kier molecular flexibility index (Phi) is 5.79. The normalized spacial score (nSPS) is 18.7. The molecule has 1 aromatic rings. The van der Waals surface area contributed by atoms with Crippen molar-refractivity contribution in [2.45, 2.75) is 32.4 Å². The number of benzene rings is 1. The molecular weight excluding hydrogens is 336 g/mol. The number of anilines is 1. The second-order valence-corrected chi connectivity index (χ2v) is 6.89. The number of hydrogen-bond acceptors (Lipinski definition) is 5. The van der Waals surface area contributed by atoms with Crippen LogP contribution < -0.4 is 10.6 Å². The van der Waals surface area contributed by atoms with E-state index in [0.717, 1.165) is 11.3 Å². The maximum atomic E-state index is 12.1. The molecule has 1 saturated heterocycles. The molecule has 0 spiro atoms. The van der Waals surface area contributed by atoms with Crippen molar-refractivity contribution in [2.75, 3.05) is 5.32 Å². The fourth-order valence-electron chi connectivity index (χ4n) is 1.87. The summed E-state index contributed by atoms with van der Waals surface area (Å²) >= 11 is 7.09. The number of amides is 2. The first-order valence-corrected chi connectivity index (χ1v) is 8.23. The molecule has 0 aromatic heterocycles. The number of rotatable bonds is 4. The smallest absolute Gasteiger partial charge is 0.240 e. The number of nitrogens with one attached hydrogen (secondary N) is 2. The molecule has 6 nitrogen and oxygen atoms in total. The molecule has 2 N–H and O–H groups in total. The van der Waals surface area contributed by atoms with Gasteiger partial charge in [-0.1, -0.05) is 23.4 Å². The van der Waals surface area contributed by atoms with Crippen LogP contribution in [0, 0.1) is 6.92 Å². The van der Waals surface area contributed by atoms with Crippen molar-refractivity contribution in [1.82, 2.24) is 5.32 Å². The van der Waals surface area contributed by atoms with E-state index in [-0.39, 0.29) is 18.2 Å². The largest absolute Gasteiger partial charge is 0.326 e. The summed E-state index contributed by atoms with van der Waals surface area (Å²) in [7, 11) is 0. The first-order valence-electron chi connectivity index (χ1n) is 6.97. The number of thioether (sulfide) groups is 1. The molecular formula is C15H17ClN4O2S. The first-order chi connectivity index (χ1) is 10.8. The van der Waals surface area contributed by atoms with E-state index in [0.29, 0.717) is 15.9 Å². The van der Waals surface area contributed by atoms with Crippen molar-refractivity contribution in [3.8, 4) is 0 Å². The first kappa shape index (κ1) is 17.5. The van der Waals surface area contributed by atoms with Gasteiger partial charge in [-0.2, -0.15) is 5.10 Å². The second-order valence-electron chi connectivity index (χ2n) is 5.26. The number of nitrogens with zero attached hydrogens (tertiary/aromatic N) is 2. The molecule has 1 fully saturated rings. The summed E-state index contributed by atoms with van der Waals surface area (Å²) in [6.07, 6.45) is 0.0619. The van der Waals surface area contributed by atoms with Crippen LogP contribution >= 0.6 is 23.4 Å². The Balaban J connectivity index is 1.96. The van der Waals surface area contributed by atoms with Gasteiger partial charge in [-0.15, -0.1) is 5.10 Å². The molecule has 2 amide bonds. The lowest BCUT2D eigenvalue weighted by atomic mass is 10.2. The minimum atomic E-state index is -0.506. The van der Waals surface area contributed by atoms with Crippen LogP contribution in [-0.4, -0.2) is 27.9 Å². The van der Waals surface area contributed by atoms with Crippen LogP contribution in [0.4, 0.5) is 5.69 Å².